The molecule has 0 bridgehead atoms. The van der Waals surface area contributed by atoms with E-state index in [1.54, 1.807) is 24.3 Å². The highest BCUT2D eigenvalue weighted by molar-refractivity contribution is 6.31. The highest BCUT2D eigenvalue weighted by atomic mass is 35.5. The highest BCUT2D eigenvalue weighted by Crippen LogP contribution is 2.27. The molecule has 0 saturated heterocycles. The summed E-state index contributed by atoms with van der Waals surface area (Å²) in [6, 6.07) is 6.58. The fraction of sp³-hybridized carbons (Fsp3) is 0.231. The molecular weight excluding hydrogens is 303 g/mol. The van der Waals surface area contributed by atoms with E-state index in [9.17, 15) is 4.79 Å². The minimum atomic E-state index is -0.182. The molecule has 7 heteroatoms. The number of carbonyl (C=O) groups excluding carboxylic acids is 1. The van der Waals surface area contributed by atoms with Crippen LogP contribution in [-0.2, 0) is 11.2 Å². The lowest BCUT2D eigenvalue weighted by atomic mass is 10.2. The van der Waals surface area contributed by atoms with E-state index in [0.29, 0.717) is 28.6 Å². The van der Waals surface area contributed by atoms with Gasteiger partial charge in [-0.1, -0.05) is 28.4 Å². The van der Waals surface area contributed by atoms with E-state index in [0.717, 1.165) is 0 Å². The molecule has 1 N–H and O–H groups in total. The Kier molecular flexibility index (Phi) is 4.87. The standard InChI is InChI=1S/C13H12Cl2N2O3/c1-19-11-4-2-8(14)6-10(11)16-13(18)5-3-9-7-12(15)17-20-9/h2,4,6-7H,3,5H2,1H3,(H,16,18). The first-order valence-corrected chi connectivity index (χ1v) is 6.58. The molecule has 0 unspecified atom stereocenters. The second-order valence-electron chi connectivity index (χ2n) is 4.01. The number of amides is 1. The number of aromatic nitrogens is 1. The maximum atomic E-state index is 11.9. The molecule has 0 saturated carbocycles. The van der Waals surface area contributed by atoms with Crippen LogP contribution in [0.15, 0.2) is 28.8 Å². The summed E-state index contributed by atoms with van der Waals surface area (Å²) < 4.78 is 10.1. The third-order valence-corrected chi connectivity index (χ3v) is 2.98. The predicted molar refractivity (Wildman–Crippen MR) is 76.5 cm³/mol. The van der Waals surface area contributed by atoms with Gasteiger partial charge < -0.3 is 14.6 Å². The summed E-state index contributed by atoms with van der Waals surface area (Å²) in [7, 11) is 1.52. The third-order valence-electron chi connectivity index (χ3n) is 2.56. The largest absolute Gasteiger partial charge is 0.495 e. The molecule has 0 spiro atoms. The van der Waals surface area contributed by atoms with E-state index in [-0.39, 0.29) is 17.5 Å². The molecule has 2 aromatic rings. The van der Waals surface area contributed by atoms with Crippen molar-refractivity contribution in [1.29, 1.82) is 0 Å². The van der Waals surface area contributed by atoms with Gasteiger partial charge in [-0.3, -0.25) is 4.79 Å². The van der Waals surface area contributed by atoms with Gasteiger partial charge in [0.05, 0.1) is 12.8 Å². The van der Waals surface area contributed by atoms with Crippen LogP contribution < -0.4 is 10.1 Å². The van der Waals surface area contributed by atoms with E-state index in [2.05, 4.69) is 10.5 Å². The lowest BCUT2D eigenvalue weighted by Crippen LogP contribution is -2.13. The van der Waals surface area contributed by atoms with Crippen molar-refractivity contribution in [2.24, 2.45) is 0 Å². The fourth-order valence-corrected chi connectivity index (χ4v) is 1.96. The number of hydrogen-bond acceptors (Lipinski definition) is 4. The molecule has 0 aliphatic carbocycles. The quantitative estimate of drug-likeness (QED) is 0.916. The van der Waals surface area contributed by atoms with Crippen molar-refractivity contribution in [2.75, 3.05) is 12.4 Å². The Morgan fingerprint density at radius 2 is 2.20 bits per heavy atom. The molecule has 0 aliphatic heterocycles. The Balaban J connectivity index is 1.96. The first-order chi connectivity index (χ1) is 9.58. The number of ether oxygens (including phenoxy) is 1. The van der Waals surface area contributed by atoms with Crippen molar-refractivity contribution in [3.8, 4) is 5.75 Å². The number of carbonyl (C=O) groups is 1. The van der Waals surface area contributed by atoms with Gasteiger partial charge in [0.2, 0.25) is 5.91 Å². The Morgan fingerprint density at radius 1 is 1.40 bits per heavy atom. The maximum Gasteiger partial charge on any atom is 0.224 e. The van der Waals surface area contributed by atoms with Crippen LogP contribution in [-0.4, -0.2) is 18.2 Å². The van der Waals surface area contributed by atoms with Crippen LogP contribution >= 0.6 is 23.2 Å². The third kappa shape index (κ3) is 3.88. The number of nitrogens with zero attached hydrogens (tertiary/aromatic N) is 1. The smallest absolute Gasteiger partial charge is 0.224 e. The van der Waals surface area contributed by atoms with Crippen molar-refractivity contribution in [3.05, 3.63) is 40.2 Å². The van der Waals surface area contributed by atoms with Crippen molar-refractivity contribution >= 4 is 34.8 Å². The van der Waals surface area contributed by atoms with Crippen LogP contribution in [0.4, 0.5) is 5.69 Å². The molecule has 2 rings (SSSR count). The van der Waals surface area contributed by atoms with Crippen molar-refractivity contribution in [3.63, 3.8) is 0 Å². The van der Waals surface area contributed by atoms with Crippen LogP contribution in [0.5, 0.6) is 5.75 Å². The second kappa shape index (κ2) is 6.63. The molecular formula is C13H12Cl2N2O3. The molecule has 0 radical (unpaired) electrons. The number of benzene rings is 1. The number of anilines is 1. The number of aryl methyl sites for hydroxylation is 1. The summed E-state index contributed by atoms with van der Waals surface area (Å²) >= 11 is 11.5. The average molecular weight is 315 g/mol. The number of hydrogen-bond donors (Lipinski definition) is 1. The Labute approximate surface area is 125 Å². The molecule has 1 aromatic heterocycles. The molecule has 0 fully saturated rings. The molecule has 1 amide bonds. The molecule has 1 aromatic carbocycles. The zero-order valence-electron chi connectivity index (χ0n) is 10.7. The van der Waals surface area contributed by atoms with E-state index < -0.39 is 0 Å². The topological polar surface area (TPSA) is 64.4 Å². The molecule has 5 nitrogen and oxygen atoms in total. The summed E-state index contributed by atoms with van der Waals surface area (Å²) in [6.45, 7) is 0. The number of halogens is 2. The SMILES string of the molecule is COc1ccc(Cl)cc1NC(=O)CCc1cc(Cl)no1. The van der Waals surface area contributed by atoms with Crippen LogP contribution in [0.25, 0.3) is 0 Å². The predicted octanol–water partition coefficient (Wildman–Crippen LogP) is 3.56. The van der Waals surface area contributed by atoms with Gasteiger partial charge in [-0.2, -0.15) is 0 Å². The number of nitrogens with one attached hydrogen (secondary N) is 1. The second-order valence-corrected chi connectivity index (χ2v) is 4.83. The Morgan fingerprint density at radius 3 is 2.85 bits per heavy atom. The highest BCUT2D eigenvalue weighted by Gasteiger charge is 2.10. The average Bonchev–Trinajstić information content (AvgIpc) is 2.83. The molecule has 106 valence electrons. The van der Waals surface area contributed by atoms with Crippen LogP contribution in [0, 0.1) is 0 Å². The minimum absolute atomic E-state index is 0.182. The summed E-state index contributed by atoms with van der Waals surface area (Å²) in [5.74, 6) is 0.923. The molecule has 0 atom stereocenters. The van der Waals surface area contributed by atoms with Crippen LogP contribution in [0.1, 0.15) is 12.2 Å². The zero-order valence-corrected chi connectivity index (χ0v) is 12.2. The van der Waals surface area contributed by atoms with Gasteiger partial charge in [0, 0.05) is 23.9 Å². The fourth-order valence-electron chi connectivity index (χ4n) is 1.63. The van der Waals surface area contributed by atoms with E-state index in [4.69, 9.17) is 32.5 Å². The van der Waals surface area contributed by atoms with Crippen molar-refractivity contribution in [1.82, 2.24) is 5.16 Å². The van der Waals surface area contributed by atoms with E-state index in [1.807, 2.05) is 0 Å². The summed E-state index contributed by atoms with van der Waals surface area (Å²) in [6.07, 6.45) is 0.648. The van der Waals surface area contributed by atoms with Gasteiger partial charge in [0.1, 0.15) is 11.5 Å². The van der Waals surface area contributed by atoms with Gasteiger partial charge in [0.15, 0.2) is 5.15 Å². The van der Waals surface area contributed by atoms with Crippen LogP contribution in [0.3, 0.4) is 0 Å². The normalized spacial score (nSPS) is 10.3. The Hall–Kier alpha value is -1.72. The molecule has 0 aliphatic rings. The Bertz CT molecular complexity index is 613. The molecule has 1 heterocycles. The number of methoxy groups -OCH3 is 1. The van der Waals surface area contributed by atoms with E-state index >= 15 is 0 Å². The van der Waals surface area contributed by atoms with Gasteiger partial charge in [-0.25, -0.2) is 0 Å². The van der Waals surface area contributed by atoms with Crippen LogP contribution in [0.2, 0.25) is 10.2 Å². The monoisotopic (exact) mass is 314 g/mol. The summed E-state index contributed by atoms with van der Waals surface area (Å²) in [5, 5.41) is 7.07. The van der Waals surface area contributed by atoms with Gasteiger partial charge >= 0.3 is 0 Å². The van der Waals surface area contributed by atoms with Gasteiger partial charge in [-0.05, 0) is 18.2 Å². The van der Waals surface area contributed by atoms with Gasteiger partial charge in [0.25, 0.3) is 0 Å². The molecule has 20 heavy (non-hydrogen) atoms. The van der Waals surface area contributed by atoms with Crippen molar-refractivity contribution in [2.45, 2.75) is 12.8 Å². The first kappa shape index (κ1) is 14.7. The first-order valence-electron chi connectivity index (χ1n) is 5.83. The summed E-state index contributed by atoms with van der Waals surface area (Å²) in [4.78, 5) is 11.9. The zero-order chi connectivity index (χ0) is 14.5. The maximum absolute atomic E-state index is 11.9. The minimum Gasteiger partial charge on any atom is -0.495 e. The summed E-state index contributed by atoms with van der Waals surface area (Å²) in [5.41, 5.74) is 0.528. The lowest BCUT2D eigenvalue weighted by molar-refractivity contribution is -0.116. The lowest BCUT2D eigenvalue weighted by Gasteiger charge is -2.10. The van der Waals surface area contributed by atoms with Crippen molar-refractivity contribution < 1.29 is 14.1 Å². The number of rotatable bonds is 5. The van der Waals surface area contributed by atoms with E-state index in [1.165, 1.54) is 7.11 Å². The van der Waals surface area contributed by atoms with Gasteiger partial charge in [-0.15, -0.1) is 0 Å².